The Morgan fingerprint density at radius 1 is 1.00 bits per heavy atom. The molecule has 0 aliphatic rings. The Hall–Kier alpha value is -3.90. The van der Waals surface area contributed by atoms with Crippen molar-refractivity contribution in [1.82, 2.24) is 0 Å². The molecule has 1 heterocycles. The molecular formula is C25H24N2O4. The molecule has 0 bridgehead atoms. The van der Waals surface area contributed by atoms with Gasteiger partial charge in [-0.25, -0.2) is 0 Å². The normalized spacial score (nSPS) is 10.1. The molecule has 4 aromatic rings. The van der Waals surface area contributed by atoms with Crippen LogP contribution in [-0.2, 0) is 13.2 Å². The maximum atomic E-state index is 12.1. The van der Waals surface area contributed by atoms with Crippen molar-refractivity contribution in [3.8, 4) is 5.75 Å². The van der Waals surface area contributed by atoms with Crippen LogP contribution in [0, 0.1) is 0 Å². The minimum absolute atomic E-state index is 0.140. The second-order valence-corrected chi connectivity index (χ2v) is 6.68. The second-order valence-electron chi connectivity index (χ2n) is 6.68. The van der Waals surface area contributed by atoms with Gasteiger partial charge in [0.2, 0.25) is 0 Å². The van der Waals surface area contributed by atoms with E-state index in [9.17, 15) is 9.59 Å². The number of aldehydes is 1. The molecule has 0 saturated carbocycles. The second kappa shape index (κ2) is 10.8. The lowest BCUT2D eigenvalue weighted by Crippen LogP contribution is -2.06. The summed E-state index contributed by atoms with van der Waals surface area (Å²) in [6.07, 6.45) is 0.786. The number of carbonyl (C=O) groups is 1. The Morgan fingerprint density at radius 3 is 2.45 bits per heavy atom. The number of hydrogen-bond acceptors (Lipinski definition) is 6. The fourth-order valence-electron chi connectivity index (χ4n) is 2.94. The number of carbonyl (C=O) groups excluding carboxylic acids is 1. The molecule has 6 nitrogen and oxygen atoms in total. The monoisotopic (exact) mass is 416 g/mol. The van der Waals surface area contributed by atoms with Crippen LogP contribution in [0.1, 0.15) is 21.7 Å². The summed E-state index contributed by atoms with van der Waals surface area (Å²) in [5.74, 6) is 0.868. The zero-order chi connectivity index (χ0) is 22.1. The standard InChI is InChI=1S/C18H15NO4.C7H9N/c19-9-14-8-16(21)15-5-2-6-17(18(15)23-14)22-11-13-4-1-3-12(7-13)10-20;1-8-7-5-3-2-4-6-7/h1-8,10H,9,11,19H2;2-6,8H,1H3. The van der Waals surface area contributed by atoms with E-state index in [1.807, 2.05) is 43.4 Å². The van der Waals surface area contributed by atoms with E-state index >= 15 is 0 Å². The van der Waals surface area contributed by atoms with E-state index in [0.717, 1.165) is 17.5 Å². The Bertz CT molecular complexity index is 1200. The SMILES string of the molecule is CNc1ccccc1.NCc1cc(=O)c2cccc(OCc3cccc(C=O)c3)c2o1. The van der Waals surface area contributed by atoms with Crippen molar-refractivity contribution >= 4 is 22.9 Å². The van der Waals surface area contributed by atoms with E-state index in [4.69, 9.17) is 14.9 Å². The lowest BCUT2D eigenvalue weighted by atomic mass is 10.1. The van der Waals surface area contributed by atoms with Crippen LogP contribution < -0.4 is 21.2 Å². The molecular weight excluding hydrogens is 392 g/mol. The van der Waals surface area contributed by atoms with Crippen LogP contribution in [0.3, 0.4) is 0 Å². The van der Waals surface area contributed by atoms with Crippen molar-refractivity contribution in [3.05, 3.63) is 106 Å². The molecule has 31 heavy (non-hydrogen) atoms. The van der Waals surface area contributed by atoms with Crippen molar-refractivity contribution in [2.75, 3.05) is 12.4 Å². The summed E-state index contributed by atoms with van der Waals surface area (Å²) in [5, 5.41) is 3.47. The van der Waals surface area contributed by atoms with Gasteiger partial charge in [-0.2, -0.15) is 0 Å². The summed E-state index contributed by atoms with van der Waals surface area (Å²) >= 11 is 0. The van der Waals surface area contributed by atoms with Gasteiger partial charge in [0.25, 0.3) is 0 Å². The third-order valence-corrected chi connectivity index (χ3v) is 4.51. The minimum atomic E-state index is -0.153. The number of rotatable bonds is 6. The average molecular weight is 416 g/mol. The number of nitrogens with one attached hydrogen (secondary N) is 1. The van der Waals surface area contributed by atoms with Gasteiger partial charge in [0.05, 0.1) is 11.9 Å². The smallest absolute Gasteiger partial charge is 0.193 e. The largest absolute Gasteiger partial charge is 0.485 e. The maximum Gasteiger partial charge on any atom is 0.193 e. The number of hydrogen-bond donors (Lipinski definition) is 2. The summed E-state index contributed by atoms with van der Waals surface area (Å²) in [7, 11) is 1.91. The van der Waals surface area contributed by atoms with E-state index in [0.29, 0.717) is 28.0 Å². The first-order valence-corrected chi connectivity index (χ1v) is 9.80. The number of benzene rings is 3. The van der Waals surface area contributed by atoms with Crippen molar-refractivity contribution < 1.29 is 13.9 Å². The van der Waals surface area contributed by atoms with E-state index < -0.39 is 0 Å². The third-order valence-electron chi connectivity index (χ3n) is 4.51. The van der Waals surface area contributed by atoms with Crippen LogP contribution in [0.25, 0.3) is 11.0 Å². The maximum absolute atomic E-state index is 12.1. The number of anilines is 1. The molecule has 158 valence electrons. The van der Waals surface area contributed by atoms with Crippen LogP contribution in [0.2, 0.25) is 0 Å². The highest BCUT2D eigenvalue weighted by atomic mass is 16.5. The quantitative estimate of drug-likeness (QED) is 0.453. The molecule has 1 aromatic heterocycles. The molecule has 6 heteroatoms. The summed E-state index contributed by atoms with van der Waals surface area (Å²) in [5.41, 5.74) is 8.37. The molecule has 0 fully saturated rings. The summed E-state index contributed by atoms with van der Waals surface area (Å²) in [6, 6.07) is 23.7. The highest BCUT2D eigenvalue weighted by molar-refractivity contribution is 5.82. The average Bonchev–Trinajstić information content (AvgIpc) is 2.83. The first-order valence-electron chi connectivity index (χ1n) is 9.80. The zero-order valence-electron chi connectivity index (χ0n) is 17.2. The molecule has 0 radical (unpaired) electrons. The van der Waals surface area contributed by atoms with Gasteiger partial charge in [0.15, 0.2) is 16.8 Å². The summed E-state index contributed by atoms with van der Waals surface area (Å²) < 4.78 is 11.4. The van der Waals surface area contributed by atoms with Gasteiger partial charge in [0, 0.05) is 24.4 Å². The summed E-state index contributed by atoms with van der Waals surface area (Å²) in [6.45, 7) is 0.401. The molecule has 0 amide bonds. The number of nitrogens with two attached hydrogens (primary N) is 1. The molecule has 0 aliphatic carbocycles. The molecule has 0 spiro atoms. The predicted octanol–water partition coefficient (Wildman–Crippen LogP) is 4.37. The van der Waals surface area contributed by atoms with Crippen molar-refractivity contribution in [3.63, 3.8) is 0 Å². The van der Waals surface area contributed by atoms with Gasteiger partial charge in [0.1, 0.15) is 18.7 Å². The molecule has 0 aliphatic heterocycles. The zero-order valence-corrected chi connectivity index (χ0v) is 17.2. The van der Waals surface area contributed by atoms with Gasteiger partial charge in [-0.3, -0.25) is 9.59 Å². The Labute approximate surface area is 180 Å². The summed E-state index contributed by atoms with van der Waals surface area (Å²) in [4.78, 5) is 22.9. The highest BCUT2D eigenvalue weighted by Crippen LogP contribution is 2.25. The number of fused-ring (bicyclic) bond motifs is 1. The lowest BCUT2D eigenvalue weighted by molar-refractivity contribution is 0.112. The minimum Gasteiger partial charge on any atom is -0.485 e. The molecule has 0 saturated heterocycles. The van der Waals surface area contributed by atoms with Gasteiger partial charge in [-0.1, -0.05) is 42.5 Å². The van der Waals surface area contributed by atoms with Crippen molar-refractivity contribution in [1.29, 1.82) is 0 Å². The highest BCUT2D eigenvalue weighted by Gasteiger charge is 2.10. The van der Waals surface area contributed by atoms with Gasteiger partial charge in [-0.15, -0.1) is 0 Å². The van der Waals surface area contributed by atoms with Gasteiger partial charge < -0.3 is 20.2 Å². The topological polar surface area (TPSA) is 94.6 Å². The third kappa shape index (κ3) is 5.81. The number of ether oxygens (including phenoxy) is 1. The fraction of sp³-hybridized carbons (Fsp3) is 0.120. The first-order chi connectivity index (χ1) is 15.1. The van der Waals surface area contributed by atoms with Gasteiger partial charge >= 0.3 is 0 Å². The fourth-order valence-corrected chi connectivity index (χ4v) is 2.94. The predicted molar refractivity (Wildman–Crippen MR) is 123 cm³/mol. The molecule has 3 N–H and O–H groups in total. The van der Waals surface area contributed by atoms with Crippen LogP contribution >= 0.6 is 0 Å². The van der Waals surface area contributed by atoms with Crippen LogP contribution in [-0.4, -0.2) is 13.3 Å². The van der Waals surface area contributed by atoms with E-state index in [2.05, 4.69) is 5.32 Å². The Balaban J connectivity index is 0.000000287. The molecule has 4 rings (SSSR count). The van der Waals surface area contributed by atoms with E-state index in [1.54, 1.807) is 36.4 Å². The van der Waals surface area contributed by atoms with Crippen LogP contribution in [0.5, 0.6) is 5.75 Å². The van der Waals surface area contributed by atoms with Gasteiger partial charge in [-0.05, 0) is 35.9 Å². The molecule has 0 atom stereocenters. The Kier molecular flexibility index (Phi) is 7.56. The van der Waals surface area contributed by atoms with E-state index in [1.165, 1.54) is 6.07 Å². The molecule has 0 unspecified atom stereocenters. The van der Waals surface area contributed by atoms with Crippen LogP contribution in [0.15, 0.2) is 88.1 Å². The lowest BCUT2D eigenvalue weighted by Gasteiger charge is -2.09. The number of para-hydroxylation sites is 2. The van der Waals surface area contributed by atoms with Crippen LogP contribution in [0.4, 0.5) is 5.69 Å². The van der Waals surface area contributed by atoms with E-state index in [-0.39, 0.29) is 18.6 Å². The van der Waals surface area contributed by atoms with Crippen molar-refractivity contribution in [2.24, 2.45) is 5.73 Å². The Morgan fingerprint density at radius 2 is 1.77 bits per heavy atom. The first kappa shape index (κ1) is 21.8. The molecule has 3 aromatic carbocycles. The van der Waals surface area contributed by atoms with Crippen molar-refractivity contribution in [2.45, 2.75) is 13.2 Å².